The van der Waals surface area contributed by atoms with E-state index in [1.807, 2.05) is 60.7 Å². The van der Waals surface area contributed by atoms with E-state index in [9.17, 15) is 28.8 Å². The molecule has 1 aliphatic heterocycles. The van der Waals surface area contributed by atoms with E-state index in [1.165, 1.54) is 16.4 Å². The van der Waals surface area contributed by atoms with Gasteiger partial charge in [-0.25, -0.2) is 24.2 Å². The normalized spacial score (nSPS) is 17.1. The molecule has 1 aliphatic carbocycles. The Hall–Kier alpha value is -7.10. The number of carbonyl (C=O) groups is 6. The number of β-lactam (4-membered cyclic amide) rings is 1. The highest BCUT2D eigenvalue weighted by Crippen LogP contribution is 2.43. The number of alkyl carbamates (subject to hydrolysis) is 2. The lowest BCUT2D eigenvalue weighted by molar-refractivity contribution is -0.164. The van der Waals surface area contributed by atoms with Crippen molar-refractivity contribution < 1.29 is 52.6 Å². The minimum Gasteiger partial charge on any atom is -0.450 e. The highest BCUT2D eigenvalue weighted by atomic mass is 32.1. The number of oxime groups is 1. The molecule has 2 aliphatic rings. The molecule has 21 nitrogen and oxygen atoms in total. The van der Waals surface area contributed by atoms with E-state index in [0.29, 0.717) is 5.69 Å². The minimum atomic E-state index is -1.53. The maximum Gasteiger partial charge on any atom is 0.413 e. The average molecular weight is 959 g/mol. The van der Waals surface area contributed by atoms with E-state index in [1.54, 1.807) is 62.3 Å². The van der Waals surface area contributed by atoms with Gasteiger partial charge < -0.3 is 45.1 Å². The maximum atomic E-state index is 14.2. The molecule has 2 aromatic heterocycles. The standard InChI is InChI=1S/C46H58N10O11S/c1-43(2,3)64-40(60)47-23-20-29(51-41(61)65-44(4,5)6)30-24-48-56(54-30)25-31-33(36(57)49-31)52-37(58)34(32-26-68-39(50-32)53-42(62)66-45(7,8)9)55-67-46(21-22-46)38(59)63-35(27-16-12-10-13-17-27)28-18-14-11-15-19-28/h10-19,24,26,29,31,33,35H,20-23,25H2,1-9H3,(H,47,60)(H,49,57)(H,51,61)(H,52,58)(H,50,53,62)/t29-,31-,33-/m0/s1. The van der Waals surface area contributed by atoms with Crippen molar-refractivity contribution in [1.82, 2.24) is 41.2 Å². The Labute approximate surface area is 397 Å². The number of ether oxygens (including phenoxy) is 4. The first kappa shape index (κ1) is 50.3. The van der Waals surface area contributed by atoms with Gasteiger partial charge in [-0.1, -0.05) is 65.8 Å². The smallest absolute Gasteiger partial charge is 0.413 e. The van der Waals surface area contributed by atoms with Gasteiger partial charge in [-0.3, -0.25) is 14.9 Å². The molecule has 0 unspecified atom stereocenters. The average Bonchev–Trinajstić information content (AvgIpc) is 3.65. The van der Waals surface area contributed by atoms with E-state index in [4.69, 9.17) is 23.8 Å². The quantitative estimate of drug-likeness (QED) is 0.0274. The molecule has 0 radical (unpaired) electrons. The summed E-state index contributed by atoms with van der Waals surface area (Å²) in [6.07, 6.45) is -0.803. The van der Waals surface area contributed by atoms with Gasteiger partial charge in [0.2, 0.25) is 11.5 Å². The molecule has 4 aromatic rings. The van der Waals surface area contributed by atoms with Crippen LogP contribution in [0.4, 0.5) is 19.5 Å². The Morgan fingerprint density at radius 1 is 0.853 bits per heavy atom. The predicted molar refractivity (Wildman–Crippen MR) is 247 cm³/mol. The molecule has 5 N–H and O–H groups in total. The van der Waals surface area contributed by atoms with Crippen molar-refractivity contribution in [1.29, 1.82) is 0 Å². The lowest BCUT2D eigenvalue weighted by atomic mass is 9.98. The number of aromatic nitrogens is 4. The summed E-state index contributed by atoms with van der Waals surface area (Å²) in [5.74, 6) is -2.10. The first-order chi connectivity index (χ1) is 32.0. The summed E-state index contributed by atoms with van der Waals surface area (Å²) in [6.45, 7) is 15.6. The summed E-state index contributed by atoms with van der Waals surface area (Å²) in [5, 5.41) is 28.0. The van der Waals surface area contributed by atoms with Crippen molar-refractivity contribution in [3.63, 3.8) is 0 Å². The summed E-state index contributed by atoms with van der Waals surface area (Å²) in [5.41, 5.74) is -2.47. The van der Waals surface area contributed by atoms with Crippen molar-refractivity contribution in [2.75, 3.05) is 11.9 Å². The molecule has 1 saturated carbocycles. The predicted octanol–water partition coefficient (Wildman–Crippen LogP) is 5.83. The van der Waals surface area contributed by atoms with Gasteiger partial charge in [0.15, 0.2) is 16.9 Å². The molecule has 0 bridgehead atoms. The maximum absolute atomic E-state index is 14.2. The third-order valence-electron chi connectivity index (χ3n) is 9.75. The summed E-state index contributed by atoms with van der Waals surface area (Å²) in [4.78, 5) is 90.5. The zero-order chi connectivity index (χ0) is 49.4. The molecule has 1 saturated heterocycles. The van der Waals surface area contributed by atoms with Crippen LogP contribution in [0.2, 0.25) is 0 Å². The van der Waals surface area contributed by atoms with E-state index in [2.05, 4.69) is 46.9 Å². The number of benzene rings is 2. The topological polar surface area (TPSA) is 265 Å². The number of anilines is 1. The zero-order valence-electron chi connectivity index (χ0n) is 39.4. The summed E-state index contributed by atoms with van der Waals surface area (Å²) in [6, 6.07) is 15.8. The van der Waals surface area contributed by atoms with Crippen molar-refractivity contribution in [2.24, 2.45) is 5.16 Å². The number of carbonyl (C=O) groups excluding carboxylic acids is 6. The fraction of sp³-hybridized carbons (Fsp3) is 0.478. The molecule has 22 heteroatoms. The Bertz CT molecular complexity index is 2430. The Morgan fingerprint density at radius 3 is 2.01 bits per heavy atom. The molecular formula is C46H58N10O11S. The number of rotatable bonds is 17. The molecule has 68 heavy (non-hydrogen) atoms. The highest BCUT2D eigenvalue weighted by molar-refractivity contribution is 7.14. The summed E-state index contributed by atoms with van der Waals surface area (Å²) >= 11 is 0.978. The van der Waals surface area contributed by atoms with Crippen LogP contribution < -0.4 is 26.6 Å². The molecule has 5 amide bonds. The number of hydrogen-bond acceptors (Lipinski definition) is 16. The largest absolute Gasteiger partial charge is 0.450 e. The highest BCUT2D eigenvalue weighted by Gasteiger charge is 2.56. The van der Waals surface area contributed by atoms with Gasteiger partial charge >= 0.3 is 24.2 Å². The molecule has 2 aromatic carbocycles. The lowest BCUT2D eigenvalue weighted by Crippen LogP contribution is -2.70. The van der Waals surface area contributed by atoms with Gasteiger partial charge in [-0.05, 0) is 79.9 Å². The fourth-order valence-electron chi connectivity index (χ4n) is 6.49. The van der Waals surface area contributed by atoms with Gasteiger partial charge in [0.05, 0.1) is 24.8 Å². The van der Waals surface area contributed by atoms with Crippen molar-refractivity contribution in [3.05, 3.63) is 94.8 Å². The molecule has 6 rings (SSSR count). The second-order valence-corrected chi connectivity index (χ2v) is 20.0. The Morgan fingerprint density at radius 2 is 1.44 bits per heavy atom. The zero-order valence-corrected chi connectivity index (χ0v) is 40.2. The third-order valence-corrected chi connectivity index (χ3v) is 10.5. The first-order valence-corrected chi connectivity index (χ1v) is 22.8. The Kier molecular flexibility index (Phi) is 15.4. The van der Waals surface area contributed by atoms with Gasteiger partial charge in [0.25, 0.3) is 5.91 Å². The number of amides is 5. The van der Waals surface area contributed by atoms with E-state index < -0.39 is 88.4 Å². The number of esters is 1. The first-order valence-electron chi connectivity index (χ1n) is 22.0. The minimum absolute atomic E-state index is 0.0193. The van der Waals surface area contributed by atoms with Gasteiger partial charge in [0.1, 0.15) is 34.2 Å². The monoisotopic (exact) mass is 958 g/mol. The third kappa shape index (κ3) is 14.4. The Balaban J connectivity index is 1.18. The van der Waals surface area contributed by atoms with Crippen LogP contribution in [0.25, 0.3) is 0 Å². The van der Waals surface area contributed by atoms with Crippen LogP contribution in [0.1, 0.15) is 116 Å². The van der Waals surface area contributed by atoms with Crippen LogP contribution in [0, 0.1) is 0 Å². The van der Waals surface area contributed by atoms with E-state index in [-0.39, 0.29) is 43.2 Å². The summed E-state index contributed by atoms with van der Waals surface area (Å²) in [7, 11) is 0. The van der Waals surface area contributed by atoms with Crippen molar-refractivity contribution >= 4 is 58.2 Å². The van der Waals surface area contributed by atoms with Crippen LogP contribution in [0.15, 0.2) is 77.4 Å². The van der Waals surface area contributed by atoms with Gasteiger partial charge in [0, 0.05) is 24.8 Å². The van der Waals surface area contributed by atoms with Crippen LogP contribution in [0.3, 0.4) is 0 Å². The molecule has 3 heterocycles. The van der Waals surface area contributed by atoms with Crippen molar-refractivity contribution in [2.45, 2.75) is 135 Å². The second kappa shape index (κ2) is 20.8. The molecule has 364 valence electrons. The second-order valence-electron chi connectivity index (χ2n) is 19.1. The lowest BCUT2D eigenvalue weighted by Gasteiger charge is -2.36. The van der Waals surface area contributed by atoms with Crippen LogP contribution in [-0.4, -0.2) is 103 Å². The number of nitrogens with one attached hydrogen (secondary N) is 5. The van der Waals surface area contributed by atoms with E-state index >= 15 is 0 Å². The molecule has 2 fully saturated rings. The van der Waals surface area contributed by atoms with Crippen molar-refractivity contribution in [3.8, 4) is 0 Å². The molecule has 0 spiro atoms. The van der Waals surface area contributed by atoms with E-state index in [0.717, 1.165) is 22.5 Å². The SMILES string of the molecule is CC(C)(C)OC(=O)NCC[C@H](NC(=O)OC(C)(C)C)c1cnn(C[C@@H]2NC(=O)[C@H]2NC(=O)C(=NOC2(C(=O)OC(c3ccccc3)c3ccccc3)CC2)c2csc(NC(=O)OC(C)(C)C)n2)n1. The fourth-order valence-corrected chi connectivity index (χ4v) is 7.17. The summed E-state index contributed by atoms with van der Waals surface area (Å²) < 4.78 is 22.2. The van der Waals surface area contributed by atoms with Gasteiger partial charge in [-0.15, -0.1) is 11.3 Å². The molecule has 3 atom stereocenters. The van der Waals surface area contributed by atoms with Gasteiger partial charge in [-0.2, -0.15) is 15.0 Å². The van der Waals surface area contributed by atoms with Crippen LogP contribution >= 0.6 is 11.3 Å². The number of nitrogens with zero attached hydrogens (tertiary/aromatic N) is 5. The number of hydrogen-bond donors (Lipinski definition) is 5. The number of thiazole rings is 1. The van der Waals surface area contributed by atoms with Crippen LogP contribution in [0.5, 0.6) is 0 Å². The molecular weight excluding hydrogens is 901 g/mol. The van der Waals surface area contributed by atoms with Crippen LogP contribution in [-0.2, 0) is 44.7 Å².